The average molecular weight is 199 g/mol. The van der Waals surface area contributed by atoms with Crippen molar-refractivity contribution in [1.82, 2.24) is 5.06 Å². The molecule has 0 aromatic heterocycles. The number of piperidine rings is 1. The smallest absolute Gasteiger partial charge is 0.337 e. The zero-order valence-electron chi connectivity index (χ0n) is 9.00. The van der Waals surface area contributed by atoms with Gasteiger partial charge < -0.3 is 4.84 Å². The van der Waals surface area contributed by atoms with Gasteiger partial charge in [-0.25, -0.2) is 4.79 Å². The molecule has 1 fully saturated rings. The molecule has 1 heterocycles. The molecule has 0 spiro atoms. The van der Waals surface area contributed by atoms with Crippen LogP contribution in [0.3, 0.4) is 0 Å². The maximum Gasteiger partial charge on any atom is 0.337 e. The fourth-order valence-corrected chi connectivity index (χ4v) is 1.11. The number of carbonyl (C=O) groups is 2. The maximum absolute atomic E-state index is 11.5. The van der Waals surface area contributed by atoms with Crippen LogP contribution in [-0.2, 0) is 14.4 Å². The number of rotatable bonds is 1. The first kappa shape index (κ1) is 11.0. The van der Waals surface area contributed by atoms with Gasteiger partial charge in [0.05, 0.1) is 12.0 Å². The molecule has 0 bridgehead atoms. The van der Waals surface area contributed by atoms with E-state index in [1.165, 1.54) is 5.06 Å². The fourth-order valence-electron chi connectivity index (χ4n) is 1.11. The minimum absolute atomic E-state index is 0.0890. The molecular weight excluding hydrogens is 182 g/mol. The van der Waals surface area contributed by atoms with Crippen LogP contribution in [0.2, 0.25) is 0 Å². The van der Waals surface area contributed by atoms with Gasteiger partial charge in [-0.3, -0.25) is 4.79 Å². The second-order valence-corrected chi connectivity index (χ2v) is 4.58. The van der Waals surface area contributed by atoms with E-state index in [0.29, 0.717) is 13.0 Å². The van der Waals surface area contributed by atoms with Crippen molar-refractivity contribution in [3.8, 4) is 0 Å². The van der Waals surface area contributed by atoms with E-state index in [1.54, 1.807) is 20.8 Å². The summed E-state index contributed by atoms with van der Waals surface area (Å²) < 4.78 is 0. The summed E-state index contributed by atoms with van der Waals surface area (Å²) >= 11 is 0. The molecule has 0 atom stereocenters. The molecule has 1 aliphatic heterocycles. The lowest BCUT2D eigenvalue weighted by Crippen LogP contribution is -2.40. The number of hydrogen-bond acceptors (Lipinski definition) is 3. The Bertz CT molecular complexity index is 242. The Morgan fingerprint density at radius 3 is 2.50 bits per heavy atom. The van der Waals surface area contributed by atoms with E-state index < -0.39 is 5.41 Å². The van der Waals surface area contributed by atoms with Gasteiger partial charge in [0.1, 0.15) is 0 Å². The highest BCUT2D eigenvalue weighted by Crippen LogP contribution is 2.18. The highest BCUT2D eigenvalue weighted by atomic mass is 16.7. The lowest BCUT2D eigenvalue weighted by atomic mass is 9.98. The summed E-state index contributed by atoms with van der Waals surface area (Å²) in [6.07, 6.45) is 2.28. The van der Waals surface area contributed by atoms with Crippen molar-refractivity contribution >= 4 is 11.9 Å². The molecule has 14 heavy (non-hydrogen) atoms. The van der Waals surface area contributed by atoms with Gasteiger partial charge in [-0.05, 0) is 33.6 Å². The van der Waals surface area contributed by atoms with Crippen LogP contribution in [0.1, 0.15) is 40.0 Å². The minimum Gasteiger partial charge on any atom is -0.338 e. The Morgan fingerprint density at radius 2 is 2.00 bits per heavy atom. The molecule has 0 unspecified atom stereocenters. The Labute approximate surface area is 84.2 Å². The summed E-state index contributed by atoms with van der Waals surface area (Å²) in [6, 6.07) is 0. The predicted octanol–water partition coefficient (Wildman–Crippen LogP) is 1.50. The quantitative estimate of drug-likeness (QED) is 0.643. The van der Waals surface area contributed by atoms with E-state index in [0.717, 1.165) is 12.8 Å². The normalized spacial score (nSPS) is 18.2. The highest BCUT2D eigenvalue weighted by Gasteiger charge is 2.29. The van der Waals surface area contributed by atoms with Gasteiger partial charge in [-0.2, -0.15) is 5.06 Å². The molecule has 1 amide bonds. The first-order valence-electron chi connectivity index (χ1n) is 4.94. The second-order valence-electron chi connectivity index (χ2n) is 4.58. The molecular formula is C10H17NO3. The molecule has 0 N–H and O–H groups in total. The van der Waals surface area contributed by atoms with Crippen molar-refractivity contribution in [3.63, 3.8) is 0 Å². The van der Waals surface area contributed by atoms with Gasteiger partial charge in [-0.15, -0.1) is 0 Å². The molecule has 0 aliphatic carbocycles. The van der Waals surface area contributed by atoms with Crippen LogP contribution >= 0.6 is 0 Å². The molecule has 0 radical (unpaired) electrons. The molecule has 1 rings (SSSR count). The summed E-state index contributed by atoms with van der Waals surface area (Å²) in [7, 11) is 0. The van der Waals surface area contributed by atoms with Crippen molar-refractivity contribution in [2.24, 2.45) is 5.41 Å². The number of nitrogens with zero attached hydrogens (tertiary/aromatic N) is 1. The van der Waals surface area contributed by atoms with E-state index in [-0.39, 0.29) is 11.9 Å². The molecule has 4 nitrogen and oxygen atoms in total. The van der Waals surface area contributed by atoms with Crippen molar-refractivity contribution in [2.75, 3.05) is 6.54 Å². The van der Waals surface area contributed by atoms with Crippen LogP contribution in [0.4, 0.5) is 0 Å². The Hall–Kier alpha value is -1.06. The third-order valence-electron chi connectivity index (χ3n) is 2.09. The molecule has 4 heteroatoms. The zero-order valence-corrected chi connectivity index (χ0v) is 9.00. The summed E-state index contributed by atoms with van der Waals surface area (Å²) in [6.45, 7) is 5.83. The summed E-state index contributed by atoms with van der Waals surface area (Å²) in [5.41, 5.74) is -0.558. The Kier molecular flexibility index (Phi) is 3.13. The van der Waals surface area contributed by atoms with Gasteiger partial charge in [0.25, 0.3) is 5.91 Å². The summed E-state index contributed by atoms with van der Waals surface area (Å²) in [5.74, 6) is -0.443. The zero-order chi connectivity index (χ0) is 10.8. The first-order chi connectivity index (χ1) is 6.41. The van der Waals surface area contributed by atoms with Gasteiger partial charge in [0.2, 0.25) is 0 Å². The van der Waals surface area contributed by atoms with E-state index >= 15 is 0 Å². The SMILES string of the molecule is CC(C)(C)C(=O)ON1CCCCC1=O. The molecule has 80 valence electrons. The average Bonchev–Trinajstić information content (AvgIpc) is 2.07. The predicted molar refractivity (Wildman–Crippen MR) is 51.1 cm³/mol. The van der Waals surface area contributed by atoms with E-state index in [1.807, 2.05) is 0 Å². The third-order valence-corrected chi connectivity index (χ3v) is 2.09. The van der Waals surface area contributed by atoms with Crippen LogP contribution in [-0.4, -0.2) is 23.5 Å². The van der Waals surface area contributed by atoms with Gasteiger partial charge in [0.15, 0.2) is 0 Å². The van der Waals surface area contributed by atoms with Gasteiger partial charge >= 0.3 is 5.97 Å². The van der Waals surface area contributed by atoms with Gasteiger partial charge in [-0.1, -0.05) is 0 Å². The summed E-state index contributed by atoms with van der Waals surface area (Å²) in [4.78, 5) is 27.8. The molecule has 1 saturated heterocycles. The Balaban J connectivity index is 2.51. The van der Waals surface area contributed by atoms with Crippen molar-refractivity contribution in [3.05, 3.63) is 0 Å². The molecule has 0 saturated carbocycles. The van der Waals surface area contributed by atoms with Crippen molar-refractivity contribution < 1.29 is 14.4 Å². The topological polar surface area (TPSA) is 46.6 Å². The van der Waals surface area contributed by atoms with Crippen molar-refractivity contribution in [2.45, 2.75) is 40.0 Å². The fraction of sp³-hybridized carbons (Fsp3) is 0.800. The van der Waals surface area contributed by atoms with Crippen LogP contribution in [0.15, 0.2) is 0 Å². The Morgan fingerprint density at radius 1 is 1.36 bits per heavy atom. The van der Waals surface area contributed by atoms with Crippen molar-refractivity contribution in [1.29, 1.82) is 0 Å². The standard InChI is InChI=1S/C10H17NO3/c1-10(2,3)9(13)14-11-7-5-4-6-8(11)12/h4-7H2,1-3H3. The lowest BCUT2D eigenvalue weighted by Gasteiger charge is -2.27. The molecule has 1 aliphatic rings. The number of amides is 1. The van der Waals surface area contributed by atoms with Crippen LogP contribution in [0.5, 0.6) is 0 Å². The van der Waals surface area contributed by atoms with Crippen LogP contribution < -0.4 is 0 Å². The van der Waals surface area contributed by atoms with Crippen LogP contribution in [0, 0.1) is 5.41 Å². The molecule has 0 aromatic carbocycles. The lowest BCUT2D eigenvalue weighted by molar-refractivity contribution is -0.208. The monoisotopic (exact) mass is 199 g/mol. The number of hydrogen-bond donors (Lipinski definition) is 0. The number of carbonyl (C=O) groups excluding carboxylic acids is 2. The highest BCUT2D eigenvalue weighted by molar-refractivity contribution is 5.80. The van der Waals surface area contributed by atoms with Crippen LogP contribution in [0.25, 0.3) is 0 Å². The second kappa shape index (κ2) is 3.98. The van der Waals surface area contributed by atoms with E-state index in [2.05, 4.69) is 0 Å². The van der Waals surface area contributed by atoms with E-state index in [4.69, 9.17) is 4.84 Å². The van der Waals surface area contributed by atoms with E-state index in [9.17, 15) is 9.59 Å². The third kappa shape index (κ3) is 2.72. The summed E-state index contributed by atoms with van der Waals surface area (Å²) in [5, 5.41) is 1.19. The minimum atomic E-state index is -0.558. The molecule has 0 aromatic rings. The first-order valence-corrected chi connectivity index (χ1v) is 4.94. The number of hydroxylamine groups is 2. The maximum atomic E-state index is 11.5. The van der Waals surface area contributed by atoms with Gasteiger partial charge in [0, 0.05) is 6.42 Å². The largest absolute Gasteiger partial charge is 0.338 e.